The molecule has 2 aliphatic rings. The van der Waals surface area contributed by atoms with Crippen LogP contribution in [0.1, 0.15) is 44.2 Å². The third kappa shape index (κ3) is 3.01. The summed E-state index contributed by atoms with van der Waals surface area (Å²) < 4.78 is 11.9. The Bertz CT molecular complexity index is 1390. The molecule has 3 N–H and O–H groups in total. The Morgan fingerprint density at radius 1 is 1.21 bits per heavy atom. The lowest BCUT2D eigenvalue weighted by Gasteiger charge is -2.19. The number of rotatable bonds is 2. The third-order valence-corrected chi connectivity index (χ3v) is 6.36. The number of carbonyl (C=O) groups excluding carboxylic acids is 2. The van der Waals surface area contributed by atoms with E-state index in [1.54, 1.807) is 51.1 Å². The van der Waals surface area contributed by atoms with E-state index in [1.165, 1.54) is 7.11 Å². The van der Waals surface area contributed by atoms with E-state index in [9.17, 15) is 19.5 Å². The van der Waals surface area contributed by atoms with Gasteiger partial charge in [0, 0.05) is 11.3 Å². The smallest absolute Gasteiger partial charge is 0.435 e. The number of carboxylic acid groups (broad SMARTS) is 1. The van der Waals surface area contributed by atoms with Crippen LogP contribution in [0.5, 0.6) is 5.75 Å². The second kappa shape index (κ2) is 6.96. The fraction of sp³-hybridized carbons (Fsp3) is 0.333. The number of amides is 2. The number of imide groups is 1. The first-order valence-electron chi connectivity index (χ1n) is 10.8. The van der Waals surface area contributed by atoms with E-state index >= 15 is 0 Å². The van der Waals surface area contributed by atoms with Crippen LogP contribution in [0.15, 0.2) is 36.4 Å². The molecule has 2 atom stereocenters. The zero-order valence-electron chi connectivity index (χ0n) is 19.2. The maximum absolute atomic E-state index is 13.4. The predicted octanol–water partition coefficient (Wildman–Crippen LogP) is 3.86. The molecule has 2 amide bonds. The van der Waals surface area contributed by atoms with Gasteiger partial charge < -0.3 is 20.3 Å². The normalized spacial score (nSPS) is 21.1. The molecule has 1 saturated carbocycles. The van der Waals surface area contributed by atoms with E-state index in [2.05, 4.69) is 5.10 Å². The monoisotopic (exact) mass is 464 g/mol. The van der Waals surface area contributed by atoms with Crippen molar-refractivity contribution in [2.75, 3.05) is 17.7 Å². The van der Waals surface area contributed by atoms with E-state index < -0.39 is 29.1 Å². The van der Waals surface area contributed by atoms with Gasteiger partial charge in [-0.3, -0.25) is 4.79 Å². The molecule has 0 saturated heterocycles. The number of hydrogen-bond acceptors (Lipinski definition) is 7. The van der Waals surface area contributed by atoms with E-state index in [-0.39, 0.29) is 11.7 Å². The molecular weight excluding hydrogens is 440 g/mol. The van der Waals surface area contributed by atoms with Crippen LogP contribution >= 0.6 is 0 Å². The molecule has 10 heteroatoms. The van der Waals surface area contributed by atoms with Crippen LogP contribution in [-0.2, 0) is 14.9 Å². The van der Waals surface area contributed by atoms with Gasteiger partial charge in [0.25, 0.3) is 0 Å². The number of methoxy groups -OCH3 is 1. The van der Waals surface area contributed by atoms with Gasteiger partial charge in [0.1, 0.15) is 11.4 Å². The number of nitrogen functional groups attached to an aromatic ring is 1. The van der Waals surface area contributed by atoms with Crippen molar-refractivity contribution in [3.05, 3.63) is 47.5 Å². The summed E-state index contributed by atoms with van der Waals surface area (Å²) in [7, 11) is 1.51. The molecular formula is C24H24N4O6. The molecule has 0 radical (unpaired) electrons. The highest BCUT2D eigenvalue weighted by atomic mass is 16.6. The summed E-state index contributed by atoms with van der Waals surface area (Å²) in [6.45, 7) is 5.26. The molecule has 1 aromatic heterocycles. The number of nitrogens with zero attached hydrogens (tertiary/aromatic N) is 3. The summed E-state index contributed by atoms with van der Waals surface area (Å²) in [5.74, 6) is -0.0617. The highest BCUT2D eigenvalue weighted by Crippen LogP contribution is 2.66. The Morgan fingerprint density at radius 3 is 2.59 bits per heavy atom. The van der Waals surface area contributed by atoms with Crippen molar-refractivity contribution >= 4 is 40.5 Å². The Labute approximate surface area is 194 Å². The Balaban J connectivity index is 1.59. The number of anilines is 2. The Kier molecular flexibility index (Phi) is 4.45. The standard InChI is InChI=1S/C24H24N4O6/c1-23(2,3)34-22(32)28-18-9-12(5-7-14(18)19(25)26-28)16-11-24(16)15-10-13(33-4)6-8-17(15)27(20(24)29)21(30)31/h5-10,16H,11H2,1-4H3,(H2,25,26)(H,30,31). The summed E-state index contributed by atoms with van der Waals surface area (Å²) in [4.78, 5) is 38.8. The van der Waals surface area contributed by atoms with E-state index in [1.807, 2.05) is 6.07 Å². The summed E-state index contributed by atoms with van der Waals surface area (Å²) >= 11 is 0. The highest BCUT2D eigenvalue weighted by molar-refractivity contribution is 6.22. The molecule has 0 bridgehead atoms. The number of ether oxygens (including phenoxy) is 2. The minimum absolute atomic E-state index is 0.182. The molecule has 1 fully saturated rings. The number of nitrogens with two attached hydrogens (primary N) is 1. The second-order valence-corrected chi connectivity index (χ2v) is 9.59. The van der Waals surface area contributed by atoms with E-state index in [4.69, 9.17) is 15.2 Å². The molecule has 176 valence electrons. The number of hydrogen-bond donors (Lipinski definition) is 2. The summed E-state index contributed by atoms with van der Waals surface area (Å²) in [6.07, 6.45) is -1.57. The van der Waals surface area contributed by atoms with Gasteiger partial charge in [-0.05, 0) is 68.7 Å². The van der Waals surface area contributed by atoms with Crippen molar-refractivity contribution in [3.8, 4) is 5.75 Å². The molecule has 2 unspecified atom stereocenters. The lowest BCUT2D eigenvalue weighted by atomic mass is 9.91. The van der Waals surface area contributed by atoms with Gasteiger partial charge in [-0.15, -0.1) is 5.10 Å². The number of fused-ring (bicyclic) bond motifs is 3. The first-order valence-corrected chi connectivity index (χ1v) is 10.8. The van der Waals surface area contributed by atoms with Gasteiger partial charge >= 0.3 is 12.2 Å². The second-order valence-electron chi connectivity index (χ2n) is 9.59. The zero-order valence-corrected chi connectivity index (χ0v) is 19.2. The number of aromatic nitrogens is 2. The first kappa shape index (κ1) is 21.7. The van der Waals surface area contributed by atoms with Crippen LogP contribution in [0.4, 0.5) is 21.1 Å². The van der Waals surface area contributed by atoms with E-state index in [0.29, 0.717) is 34.3 Å². The average Bonchev–Trinajstić information content (AvgIpc) is 3.36. The minimum Gasteiger partial charge on any atom is -0.497 e. The van der Waals surface area contributed by atoms with Crippen molar-refractivity contribution in [3.63, 3.8) is 0 Å². The summed E-state index contributed by atoms with van der Waals surface area (Å²) in [5, 5.41) is 14.4. The Hall–Kier alpha value is -4.08. The fourth-order valence-electron chi connectivity index (χ4n) is 4.82. The highest BCUT2D eigenvalue weighted by Gasteiger charge is 2.68. The molecule has 1 spiro atoms. The maximum Gasteiger partial charge on any atom is 0.435 e. The van der Waals surface area contributed by atoms with Crippen LogP contribution in [-0.4, -0.2) is 45.7 Å². The lowest BCUT2D eigenvalue weighted by molar-refractivity contribution is -0.119. The number of benzene rings is 2. The van der Waals surface area contributed by atoms with Crippen molar-refractivity contribution in [2.45, 2.75) is 44.1 Å². The molecule has 10 nitrogen and oxygen atoms in total. The molecule has 2 heterocycles. The van der Waals surface area contributed by atoms with Crippen molar-refractivity contribution < 1.29 is 29.0 Å². The minimum atomic E-state index is -1.33. The predicted molar refractivity (Wildman–Crippen MR) is 123 cm³/mol. The van der Waals surface area contributed by atoms with Gasteiger partial charge in [0.2, 0.25) is 5.91 Å². The maximum atomic E-state index is 13.4. The molecule has 34 heavy (non-hydrogen) atoms. The van der Waals surface area contributed by atoms with Crippen molar-refractivity contribution in [2.24, 2.45) is 0 Å². The SMILES string of the molecule is COc1ccc2c(c1)C1(CC1c1ccc3c(N)nn(C(=O)OC(C)(C)C)c3c1)C(=O)N2C(=O)O. The van der Waals surface area contributed by atoms with Gasteiger partial charge in [-0.2, -0.15) is 4.68 Å². The van der Waals surface area contributed by atoms with Gasteiger partial charge in [0.05, 0.1) is 23.7 Å². The largest absolute Gasteiger partial charge is 0.497 e. The topological polar surface area (TPSA) is 137 Å². The first-order chi connectivity index (χ1) is 16.0. The van der Waals surface area contributed by atoms with Crippen LogP contribution in [0.25, 0.3) is 10.9 Å². The third-order valence-electron chi connectivity index (χ3n) is 6.36. The average molecular weight is 464 g/mol. The molecule has 2 aromatic carbocycles. The fourth-order valence-corrected chi connectivity index (χ4v) is 4.82. The van der Waals surface area contributed by atoms with Crippen LogP contribution in [0.2, 0.25) is 0 Å². The van der Waals surface area contributed by atoms with Crippen molar-refractivity contribution in [1.82, 2.24) is 9.78 Å². The van der Waals surface area contributed by atoms with Crippen LogP contribution in [0, 0.1) is 0 Å². The van der Waals surface area contributed by atoms with Crippen LogP contribution < -0.4 is 15.4 Å². The summed E-state index contributed by atoms with van der Waals surface area (Å²) in [6, 6.07) is 10.3. The van der Waals surface area contributed by atoms with Gasteiger partial charge in [-0.25, -0.2) is 14.5 Å². The molecule has 1 aliphatic carbocycles. The zero-order chi connectivity index (χ0) is 24.6. The van der Waals surface area contributed by atoms with Crippen molar-refractivity contribution in [1.29, 1.82) is 0 Å². The lowest BCUT2D eigenvalue weighted by Crippen LogP contribution is -2.36. The van der Waals surface area contributed by atoms with Gasteiger partial charge in [-0.1, -0.05) is 6.07 Å². The molecule has 5 rings (SSSR count). The van der Waals surface area contributed by atoms with Crippen LogP contribution in [0.3, 0.4) is 0 Å². The molecule has 3 aromatic rings. The summed E-state index contributed by atoms with van der Waals surface area (Å²) in [5.41, 5.74) is 6.47. The Morgan fingerprint density at radius 2 is 1.94 bits per heavy atom. The molecule has 1 aliphatic heterocycles. The number of carbonyl (C=O) groups is 3. The quantitative estimate of drug-likeness (QED) is 0.583. The van der Waals surface area contributed by atoms with E-state index in [0.717, 1.165) is 15.1 Å². The van der Waals surface area contributed by atoms with Gasteiger partial charge in [0.15, 0.2) is 5.82 Å².